The molecule has 2 aliphatic heterocycles. The van der Waals surface area contributed by atoms with Crippen LogP contribution in [0.1, 0.15) is 48.0 Å². The number of aliphatic hydroxyl groups excluding tert-OH is 1. The van der Waals surface area contributed by atoms with E-state index in [4.69, 9.17) is 9.84 Å². The molecule has 0 atom stereocenters. The van der Waals surface area contributed by atoms with Crippen LogP contribution in [0.3, 0.4) is 0 Å². The summed E-state index contributed by atoms with van der Waals surface area (Å²) in [5, 5.41) is 9.06. The molecule has 2 amide bonds. The number of hydrogen-bond acceptors (Lipinski definition) is 4. The fourth-order valence-corrected chi connectivity index (χ4v) is 4.40. The molecule has 1 aromatic rings. The second-order valence-corrected chi connectivity index (χ2v) is 7.84. The fraction of sp³-hybridized carbons (Fsp3) is 0.619. The average Bonchev–Trinajstić information content (AvgIpc) is 2.68. The van der Waals surface area contributed by atoms with Gasteiger partial charge in [-0.15, -0.1) is 0 Å². The van der Waals surface area contributed by atoms with Gasteiger partial charge >= 0.3 is 0 Å². The summed E-state index contributed by atoms with van der Waals surface area (Å²) in [4.78, 5) is 29.1. The van der Waals surface area contributed by atoms with Crippen LogP contribution in [0.2, 0.25) is 0 Å². The number of nitrogens with zero attached hydrogens (tertiary/aromatic N) is 2. The summed E-state index contributed by atoms with van der Waals surface area (Å²) in [5.41, 5.74) is 1.69. The molecule has 0 bridgehead atoms. The third kappa shape index (κ3) is 4.10. The van der Waals surface area contributed by atoms with Crippen LogP contribution >= 0.6 is 0 Å². The molecule has 2 aliphatic rings. The number of likely N-dealkylation sites (tertiary alicyclic amines) is 2. The van der Waals surface area contributed by atoms with E-state index in [1.807, 2.05) is 34.9 Å². The Labute approximate surface area is 161 Å². The van der Waals surface area contributed by atoms with Gasteiger partial charge in [-0.1, -0.05) is 12.1 Å². The number of amides is 2. The normalized spacial score (nSPS) is 19.4. The predicted octanol–water partition coefficient (Wildman–Crippen LogP) is 2.23. The summed E-state index contributed by atoms with van der Waals surface area (Å²) in [7, 11) is 1.59. The van der Waals surface area contributed by atoms with Crippen molar-refractivity contribution in [3.05, 3.63) is 29.3 Å². The molecule has 27 heavy (non-hydrogen) atoms. The zero-order valence-corrected chi connectivity index (χ0v) is 16.4. The molecule has 0 aromatic heterocycles. The SMILES string of the molecule is COc1cccc(C)c1C(=O)N1CCC2(CCC(=O)N(CCCO)C2)CC1. The van der Waals surface area contributed by atoms with E-state index in [0.29, 0.717) is 43.8 Å². The summed E-state index contributed by atoms with van der Waals surface area (Å²) < 4.78 is 5.40. The summed E-state index contributed by atoms with van der Waals surface area (Å²) in [6, 6.07) is 5.67. The Morgan fingerprint density at radius 2 is 2.00 bits per heavy atom. The van der Waals surface area contributed by atoms with Crippen molar-refractivity contribution in [2.24, 2.45) is 5.41 Å². The topological polar surface area (TPSA) is 70.1 Å². The van der Waals surface area contributed by atoms with Crippen molar-refractivity contribution in [1.82, 2.24) is 9.80 Å². The van der Waals surface area contributed by atoms with Gasteiger partial charge in [0.15, 0.2) is 0 Å². The van der Waals surface area contributed by atoms with Crippen molar-refractivity contribution in [1.29, 1.82) is 0 Å². The third-order valence-corrected chi connectivity index (χ3v) is 6.11. The molecule has 0 aliphatic carbocycles. The molecule has 6 nitrogen and oxygen atoms in total. The number of rotatable bonds is 5. The van der Waals surface area contributed by atoms with Gasteiger partial charge in [0.1, 0.15) is 5.75 Å². The van der Waals surface area contributed by atoms with Gasteiger partial charge in [-0.05, 0) is 49.7 Å². The minimum absolute atomic E-state index is 0.0313. The maximum Gasteiger partial charge on any atom is 0.257 e. The molecule has 0 radical (unpaired) electrons. The quantitative estimate of drug-likeness (QED) is 0.858. The Morgan fingerprint density at radius 3 is 2.67 bits per heavy atom. The van der Waals surface area contributed by atoms with E-state index in [1.165, 1.54) is 0 Å². The number of carbonyl (C=O) groups is 2. The Balaban J connectivity index is 1.67. The highest BCUT2D eigenvalue weighted by molar-refractivity contribution is 5.98. The molecule has 1 spiro atoms. The Kier molecular flexibility index (Phi) is 6.05. The molecular formula is C21H30N2O4. The van der Waals surface area contributed by atoms with Gasteiger partial charge in [0.25, 0.3) is 5.91 Å². The van der Waals surface area contributed by atoms with Gasteiger partial charge in [0.2, 0.25) is 5.91 Å². The van der Waals surface area contributed by atoms with Gasteiger partial charge in [-0.2, -0.15) is 0 Å². The van der Waals surface area contributed by atoms with Crippen molar-refractivity contribution in [3.8, 4) is 5.75 Å². The predicted molar refractivity (Wildman–Crippen MR) is 103 cm³/mol. The van der Waals surface area contributed by atoms with Crippen molar-refractivity contribution >= 4 is 11.8 Å². The van der Waals surface area contributed by atoms with Crippen LogP contribution in [-0.4, -0.2) is 66.6 Å². The van der Waals surface area contributed by atoms with Crippen molar-refractivity contribution < 1.29 is 19.4 Å². The Hall–Kier alpha value is -2.08. The van der Waals surface area contributed by atoms with Gasteiger partial charge in [-0.3, -0.25) is 9.59 Å². The number of ether oxygens (including phenoxy) is 1. The molecule has 1 N–H and O–H groups in total. The molecule has 0 saturated carbocycles. The first kappa shape index (κ1) is 19.7. The number of benzene rings is 1. The first-order chi connectivity index (χ1) is 13.0. The number of aliphatic hydroxyl groups is 1. The monoisotopic (exact) mass is 374 g/mol. The van der Waals surface area contributed by atoms with Crippen LogP contribution in [0.4, 0.5) is 0 Å². The molecule has 2 heterocycles. The van der Waals surface area contributed by atoms with Crippen LogP contribution in [-0.2, 0) is 4.79 Å². The number of carbonyl (C=O) groups excluding carboxylic acids is 2. The highest BCUT2D eigenvalue weighted by Gasteiger charge is 2.41. The minimum Gasteiger partial charge on any atom is -0.496 e. The second kappa shape index (κ2) is 8.30. The van der Waals surface area contributed by atoms with E-state index < -0.39 is 0 Å². The van der Waals surface area contributed by atoms with Crippen LogP contribution in [0.25, 0.3) is 0 Å². The van der Waals surface area contributed by atoms with Crippen molar-refractivity contribution in [3.63, 3.8) is 0 Å². The molecule has 3 rings (SSSR count). The Bertz CT molecular complexity index is 695. The lowest BCUT2D eigenvalue weighted by atomic mass is 9.72. The van der Waals surface area contributed by atoms with E-state index in [9.17, 15) is 9.59 Å². The number of piperidine rings is 2. The molecule has 148 valence electrons. The van der Waals surface area contributed by atoms with Crippen LogP contribution < -0.4 is 4.74 Å². The number of hydrogen-bond donors (Lipinski definition) is 1. The van der Waals surface area contributed by atoms with Crippen LogP contribution in [0.5, 0.6) is 5.75 Å². The highest BCUT2D eigenvalue weighted by atomic mass is 16.5. The first-order valence-electron chi connectivity index (χ1n) is 9.81. The van der Waals surface area contributed by atoms with E-state index in [2.05, 4.69) is 0 Å². The Morgan fingerprint density at radius 1 is 1.26 bits per heavy atom. The second-order valence-electron chi connectivity index (χ2n) is 7.84. The maximum atomic E-state index is 13.1. The van der Waals surface area contributed by atoms with E-state index in [-0.39, 0.29) is 23.8 Å². The average molecular weight is 374 g/mol. The minimum atomic E-state index is 0.0313. The third-order valence-electron chi connectivity index (χ3n) is 6.11. The smallest absolute Gasteiger partial charge is 0.257 e. The van der Waals surface area contributed by atoms with Gasteiger partial charge in [-0.25, -0.2) is 0 Å². The van der Waals surface area contributed by atoms with Gasteiger partial charge < -0.3 is 19.6 Å². The lowest BCUT2D eigenvalue weighted by Crippen LogP contribution is -2.52. The lowest BCUT2D eigenvalue weighted by molar-refractivity contribution is -0.139. The first-order valence-corrected chi connectivity index (χ1v) is 9.81. The standard InChI is InChI=1S/C21H30N2O4/c1-16-5-3-6-17(27-2)19(16)20(26)22-12-9-21(10-13-22)8-7-18(25)23(15-21)11-4-14-24/h3,5-6,24H,4,7-15H2,1-2H3. The van der Waals surface area contributed by atoms with Gasteiger partial charge in [0, 0.05) is 39.2 Å². The molecule has 1 aromatic carbocycles. The fourth-order valence-electron chi connectivity index (χ4n) is 4.40. The maximum absolute atomic E-state index is 13.1. The molecule has 2 fully saturated rings. The zero-order valence-electron chi connectivity index (χ0n) is 16.4. The lowest BCUT2D eigenvalue weighted by Gasteiger charge is -2.47. The zero-order chi connectivity index (χ0) is 19.4. The highest BCUT2D eigenvalue weighted by Crippen LogP contribution is 2.40. The molecular weight excluding hydrogens is 344 g/mol. The molecule has 6 heteroatoms. The van der Waals surface area contributed by atoms with Crippen molar-refractivity contribution in [2.45, 2.75) is 39.0 Å². The number of aryl methyl sites for hydroxylation is 1. The van der Waals surface area contributed by atoms with E-state index >= 15 is 0 Å². The van der Waals surface area contributed by atoms with Crippen molar-refractivity contribution in [2.75, 3.05) is 39.9 Å². The van der Waals surface area contributed by atoms with Crippen LogP contribution in [0.15, 0.2) is 18.2 Å². The summed E-state index contributed by atoms with van der Waals surface area (Å²) in [5.74, 6) is 0.847. The van der Waals surface area contributed by atoms with E-state index in [0.717, 1.165) is 31.4 Å². The largest absolute Gasteiger partial charge is 0.496 e. The summed E-state index contributed by atoms with van der Waals surface area (Å²) >= 11 is 0. The number of methoxy groups -OCH3 is 1. The van der Waals surface area contributed by atoms with E-state index in [1.54, 1.807) is 7.11 Å². The molecule has 0 unspecified atom stereocenters. The van der Waals surface area contributed by atoms with Crippen LogP contribution in [0, 0.1) is 12.3 Å². The summed E-state index contributed by atoms with van der Waals surface area (Å²) in [6.45, 7) is 4.84. The van der Waals surface area contributed by atoms with Gasteiger partial charge in [0.05, 0.1) is 12.7 Å². The summed E-state index contributed by atoms with van der Waals surface area (Å²) in [6.07, 6.45) is 3.92. The molecule has 2 saturated heterocycles.